The number of amides is 3. The number of ether oxygens (including phenoxy) is 1. The van der Waals surface area contributed by atoms with Crippen LogP contribution < -0.4 is 5.56 Å². The number of hydrogen-bond acceptors (Lipinski definition) is 6. The number of benzene rings is 1. The third kappa shape index (κ3) is 8.41. The summed E-state index contributed by atoms with van der Waals surface area (Å²) in [4.78, 5) is 59.0. The Bertz CT molecular complexity index is 1620. The van der Waals surface area contributed by atoms with E-state index in [1.54, 1.807) is 42.7 Å². The topological polar surface area (TPSA) is 112 Å². The Morgan fingerprint density at radius 2 is 1.60 bits per heavy atom. The number of aromatic nitrogens is 1. The molecule has 3 heterocycles. The largest absolute Gasteiger partial charge is 0.444 e. The van der Waals surface area contributed by atoms with Crippen molar-refractivity contribution in [2.45, 2.75) is 104 Å². The normalized spacial score (nSPS) is 22.3. The highest BCUT2D eigenvalue weighted by Gasteiger charge is 2.49. The predicted molar refractivity (Wildman–Crippen MR) is 190 cm³/mol. The number of hydrogen-bond donors (Lipinski definition) is 1. The monoisotopic (exact) mass is 694 g/mol. The average molecular weight is 695 g/mol. The number of likely N-dealkylation sites (tertiary alicyclic amines) is 1. The standard InChI is InChI=1S/C39H55FN4O6/c1-27(22-28-12-8-7-9-13-28)34(46)43-17-16-39(49,38(5,6)25-43)26-44-24-31(30(23-33(44)45)29-14-10-11-15-32(29)40)35(47)41-18-20-42(21-19-41)36(48)50-37(2,3)4/h10-11,14-15,23-24,27-28,49H,7-9,12-13,16-22,25-26H2,1-6H3/t27-,39-/m1/s1. The first-order chi connectivity index (χ1) is 23.5. The van der Waals surface area contributed by atoms with Crippen molar-refractivity contribution < 1.29 is 28.6 Å². The molecule has 1 aromatic carbocycles. The molecule has 3 amide bonds. The highest BCUT2D eigenvalue weighted by Crippen LogP contribution is 2.41. The first kappa shape index (κ1) is 37.5. The number of rotatable bonds is 7. The van der Waals surface area contributed by atoms with Crippen molar-refractivity contribution in [1.82, 2.24) is 19.3 Å². The van der Waals surface area contributed by atoms with Gasteiger partial charge >= 0.3 is 6.09 Å². The second-order valence-corrected chi connectivity index (χ2v) is 16.4. The van der Waals surface area contributed by atoms with Gasteiger partial charge in [-0.25, -0.2) is 9.18 Å². The molecule has 5 rings (SSSR count). The van der Waals surface area contributed by atoms with Gasteiger partial charge in [-0.3, -0.25) is 14.4 Å². The molecule has 11 heteroatoms. The molecule has 1 aromatic heterocycles. The zero-order chi connectivity index (χ0) is 36.4. The highest BCUT2D eigenvalue weighted by molar-refractivity contribution is 6.00. The Labute approximate surface area is 295 Å². The number of carbonyl (C=O) groups excluding carboxylic acids is 3. The fraction of sp³-hybridized carbons (Fsp3) is 0.641. The van der Waals surface area contributed by atoms with Crippen LogP contribution >= 0.6 is 0 Å². The molecule has 1 saturated carbocycles. The zero-order valence-corrected chi connectivity index (χ0v) is 30.7. The van der Waals surface area contributed by atoms with E-state index in [1.807, 2.05) is 25.7 Å². The van der Waals surface area contributed by atoms with Crippen LogP contribution in [-0.4, -0.2) is 92.8 Å². The molecule has 3 aliphatic rings. The molecule has 0 bridgehead atoms. The van der Waals surface area contributed by atoms with Gasteiger partial charge in [-0.15, -0.1) is 0 Å². The maximum Gasteiger partial charge on any atom is 0.410 e. The molecule has 2 aliphatic heterocycles. The van der Waals surface area contributed by atoms with E-state index in [2.05, 4.69) is 0 Å². The number of pyridine rings is 1. The van der Waals surface area contributed by atoms with E-state index in [1.165, 1.54) is 61.1 Å². The van der Waals surface area contributed by atoms with Crippen LogP contribution in [0.2, 0.25) is 0 Å². The van der Waals surface area contributed by atoms with E-state index < -0.39 is 40.0 Å². The summed E-state index contributed by atoms with van der Waals surface area (Å²) in [6, 6.07) is 7.27. The molecule has 2 atom stereocenters. The van der Waals surface area contributed by atoms with Crippen molar-refractivity contribution in [2.75, 3.05) is 39.3 Å². The van der Waals surface area contributed by atoms with Crippen molar-refractivity contribution in [3.8, 4) is 11.1 Å². The third-order valence-electron chi connectivity index (χ3n) is 11.0. The molecule has 274 valence electrons. The summed E-state index contributed by atoms with van der Waals surface area (Å²) in [5.74, 6) is -0.366. The van der Waals surface area contributed by atoms with Crippen molar-refractivity contribution >= 4 is 17.9 Å². The number of piperazine rings is 1. The summed E-state index contributed by atoms with van der Waals surface area (Å²) in [5.41, 5.74) is -2.83. The van der Waals surface area contributed by atoms with Crippen molar-refractivity contribution in [3.63, 3.8) is 0 Å². The quantitative estimate of drug-likeness (QED) is 0.384. The molecule has 1 aliphatic carbocycles. The fourth-order valence-corrected chi connectivity index (χ4v) is 7.82. The molecule has 50 heavy (non-hydrogen) atoms. The van der Waals surface area contributed by atoms with E-state index >= 15 is 4.39 Å². The molecular formula is C39H55FN4O6. The van der Waals surface area contributed by atoms with Gasteiger partial charge in [-0.2, -0.15) is 0 Å². The third-order valence-corrected chi connectivity index (χ3v) is 11.0. The van der Waals surface area contributed by atoms with E-state index in [0.29, 0.717) is 19.0 Å². The van der Waals surface area contributed by atoms with Crippen molar-refractivity contribution in [3.05, 3.63) is 58.3 Å². The summed E-state index contributed by atoms with van der Waals surface area (Å²) < 4.78 is 22.0. The van der Waals surface area contributed by atoms with Crippen LogP contribution in [0.5, 0.6) is 0 Å². The molecular weight excluding hydrogens is 639 g/mol. The van der Waals surface area contributed by atoms with Crippen LogP contribution in [-0.2, 0) is 16.1 Å². The molecule has 3 fully saturated rings. The smallest absolute Gasteiger partial charge is 0.410 e. The van der Waals surface area contributed by atoms with Gasteiger partial charge in [-0.1, -0.05) is 71.1 Å². The minimum atomic E-state index is -1.36. The van der Waals surface area contributed by atoms with Gasteiger partial charge in [0.05, 0.1) is 17.7 Å². The van der Waals surface area contributed by atoms with Gasteiger partial charge in [-0.05, 0) is 45.6 Å². The van der Waals surface area contributed by atoms with Crippen LogP contribution in [0, 0.1) is 23.1 Å². The van der Waals surface area contributed by atoms with Crippen LogP contribution in [0.4, 0.5) is 9.18 Å². The summed E-state index contributed by atoms with van der Waals surface area (Å²) >= 11 is 0. The highest BCUT2D eigenvalue weighted by atomic mass is 19.1. The lowest BCUT2D eigenvalue weighted by Gasteiger charge is -2.51. The molecule has 10 nitrogen and oxygen atoms in total. The lowest BCUT2D eigenvalue weighted by molar-refractivity contribution is -0.157. The van der Waals surface area contributed by atoms with Crippen molar-refractivity contribution in [2.24, 2.45) is 17.3 Å². The fourth-order valence-electron chi connectivity index (χ4n) is 7.82. The second kappa shape index (κ2) is 14.9. The van der Waals surface area contributed by atoms with Gasteiger partial charge in [0.2, 0.25) is 5.91 Å². The Balaban J connectivity index is 1.36. The van der Waals surface area contributed by atoms with Gasteiger partial charge in [0, 0.05) is 74.0 Å². The number of piperidine rings is 1. The first-order valence-electron chi connectivity index (χ1n) is 18.3. The number of halogens is 1. The van der Waals surface area contributed by atoms with E-state index in [9.17, 15) is 24.3 Å². The Morgan fingerprint density at radius 3 is 2.22 bits per heavy atom. The zero-order valence-electron chi connectivity index (χ0n) is 30.7. The predicted octanol–water partition coefficient (Wildman–Crippen LogP) is 5.94. The molecule has 0 spiro atoms. The van der Waals surface area contributed by atoms with Crippen molar-refractivity contribution in [1.29, 1.82) is 0 Å². The maximum absolute atomic E-state index is 15.1. The van der Waals surface area contributed by atoms with Crippen LogP contribution in [0.15, 0.2) is 41.3 Å². The SMILES string of the molecule is C[C@H](CC1CCCCC1)C(=O)N1CC[C@@](O)(Cn2cc(C(=O)N3CCN(C(=O)OC(C)(C)C)CC3)c(-c3ccccc3F)cc2=O)C(C)(C)C1. The lowest BCUT2D eigenvalue weighted by Crippen LogP contribution is -2.61. The summed E-state index contributed by atoms with van der Waals surface area (Å²) in [7, 11) is 0. The van der Waals surface area contributed by atoms with E-state index in [-0.39, 0.29) is 67.7 Å². The Kier molecular flexibility index (Phi) is 11.2. The lowest BCUT2D eigenvalue weighted by atomic mass is 9.69. The molecule has 1 N–H and O–H groups in total. The average Bonchev–Trinajstić information content (AvgIpc) is 3.06. The second-order valence-electron chi connectivity index (χ2n) is 16.4. The van der Waals surface area contributed by atoms with Gasteiger partial charge < -0.3 is 29.1 Å². The molecule has 0 unspecified atom stereocenters. The Hall–Kier alpha value is -3.73. The van der Waals surface area contributed by atoms with Crippen LogP contribution in [0.1, 0.15) is 96.8 Å². The number of aliphatic hydroxyl groups is 1. The molecule has 2 saturated heterocycles. The number of nitrogens with zero attached hydrogens (tertiary/aromatic N) is 4. The van der Waals surface area contributed by atoms with Gasteiger partial charge in [0.1, 0.15) is 11.4 Å². The Morgan fingerprint density at radius 1 is 0.960 bits per heavy atom. The van der Waals surface area contributed by atoms with Gasteiger partial charge in [0.15, 0.2) is 0 Å². The summed E-state index contributed by atoms with van der Waals surface area (Å²) in [6.45, 7) is 12.8. The van der Waals surface area contributed by atoms with E-state index in [0.717, 1.165) is 6.42 Å². The molecule has 0 radical (unpaired) electrons. The van der Waals surface area contributed by atoms with Crippen LogP contribution in [0.25, 0.3) is 11.1 Å². The van der Waals surface area contributed by atoms with E-state index in [4.69, 9.17) is 4.74 Å². The maximum atomic E-state index is 15.1. The summed E-state index contributed by atoms with van der Waals surface area (Å²) in [6.07, 6.45) is 8.23. The first-order valence-corrected chi connectivity index (χ1v) is 18.3. The minimum absolute atomic E-state index is 0.0896. The molecule has 2 aromatic rings. The van der Waals surface area contributed by atoms with Crippen LogP contribution in [0.3, 0.4) is 0 Å². The summed E-state index contributed by atoms with van der Waals surface area (Å²) in [5, 5.41) is 12.1. The minimum Gasteiger partial charge on any atom is -0.444 e. The van der Waals surface area contributed by atoms with Gasteiger partial charge in [0.25, 0.3) is 11.5 Å². The number of carbonyl (C=O) groups is 3.